The van der Waals surface area contributed by atoms with Crippen molar-refractivity contribution in [3.05, 3.63) is 23.5 Å². The first-order valence-corrected chi connectivity index (χ1v) is 6.56. The number of nitrogens with one attached hydrogen (secondary N) is 2. The molecule has 2 N–H and O–H groups in total. The summed E-state index contributed by atoms with van der Waals surface area (Å²) in [5, 5.41) is 5.89. The zero-order valence-corrected chi connectivity index (χ0v) is 12.1. The molecule has 1 aromatic rings. The van der Waals surface area contributed by atoms with Gasteiger partial charge in [0.15, 0.2) is 0 Å². The topological polar surface area (TPSA) is 63.2 Å². The number of ether oxygens (including phenoxy) is 1. The molecule has 1 amide bonds. The molecule has 19 heavy (non-hydrogen) atoms. The number of rotatable bonds is 7. The van der Waals surface area contributed by atoms with Gasteiger partial charge in [0.1, 0.15) is 5.75 Å². The lowest BCUT2D eigenvalue weighted by atomic mass is 10.2. The van der Waals surface area contributed by atoms with Gasteiger partial charge in [-0.25, -0.2) is 0 Å². The van der Waals surface area contributed by atoms with Gasteiger partial charge < -0.3 is 15.4 Å². The molecule has 5 nitrogen and oxygen atoms in total. The molecule has 0 atom stereocenters. The fraction of sp³-hybridized carbons (Fsp3) is 0.571. The molecule has 0 aliphatic carbocycles. The van der Waals surface area contributed by atoms with Crippen LogP contribution in [0.3, 0.4) is 0 Å². The first kappa shape index (κ1) is 15.4. The molecule has 106 valence electrons. The van der Waals surface area contributed by atoms with Crippen LogP contribution in [-0.2, 0) is 11.3 Å². The summed E-state index contributed by atoms with van der Waals surface area (Å²) >= 11 is 0. The molecule has 0 bridgehead atoms. The molecular weight excluding hydrogens is 242 g/mol. The molecule has 0 aliphatic heterocycles. The third-order valence-electron chi connectivity index (χ3n) is 2.61. The largest absolute Gasteiger partial charge is 0.491 e. The summed E-state index contributed by atoms with van der Waals surface area (Å²) in [6.07, 6.45) is 0.349. The number of hydrogen-bond donors (Lipinski definition) is 2. The number of carbonyl (C=O) groups excluding carboxylic acids is 1. The third-order valence-corrected chi connectivity index (χ3v) is 2.61. The van der Waals surface area contributed by atoms with Crippen LogP contribution < -0.4 is 15.4 Å². The standard InChI is InChI=1S/C14H23N3O2/c1-10(2)16-9-12-13(6-5-11(3)17-12)19-8-7-14(18)15-4/h5-6,10,16H,7-9H2,1-4H3,(H,15,18). The van der Waals surface area contributed by atoms with Crippen molar-refractivity contribution >= 4 is 5.91 Å². The number of carbonyl (C=O) groups is 1. The highest BCUT2D eigenvalue weighted by atomic mass is 16.5. The first-order chi connectivity index (χ1) is 9.02. The van der Waals surface area contributed by atoms with Gasteiger partial charge in [0.2, 0.25) is 5.91 Å². The van der Waals surface area contributed by atoms with Gasteiger partial charge in [-0.2, -0.15) is 0 Å². The maximum atomic E-state index is 11.1. The van der Waals surface area contributed by atoms with Crippen LogP contribution >= 0.6 is 0 Å². The van der Waals surface area contributed by atoms with Crippen LogP contribution in [0.2, 0.25) is 0 Å². The van der Waals surface area contributed by atoms with E-state index in [1.165, 1.54) is 0 Å². The van der Waals surface area contributed by atoms with Crippen LogP contribution in [0.15, 0.2) is 12.1 Å². The lowest BCUT2D eigenvalue weighted by Gasteiger charge is -2.13. The van der Waals surface area contributed by atoms with Crippen LogP contribution in [0, 0.1) is 6.92 Å². The van der Waals surface area contributed by atoms with E-state index in [1.807, 2.05) is 19.1 Å². The van der Waals surface area contributed by atoms with E-state index in [0.717, 1.165) is 17.1 Å². The van der Waals surface area contributed by atoms with E-state index in [-0.39, 0.29) is 5.91 Å². The van der Waals surface area contributed by atoms with Crippen molar-refractivity contribution in [2.75, 3.05) is 13.7 Å². The maximum absolute atomic E-state index is 11.1. The summed E-state index contributed by atoms with van der Waals surface area (Å²) in [5.41, 5.74) is 1.84. The number of hydrogen-bond acceptors (Lipinski definition) is 4. The van der Waals surface area contributed by atoms with Gasteiger partial charge in [-0.15, -0.1) is 0 Å². The Morgan fingerprint density at radius 2 is 2.16 bits per heavy atom. The number of nitrogens with zero attached hydrogens (tertiary/aromatic N) is 1. The lowest BCUT2D eigenvalue weighted by Crippen LogP contribution is -2.23. The molecule has 1 aromatic heterocycles. The number of aryl methyl sites for hydroxylation is 1. The molecule has 0 unspecified atom stereocenters. The third kappa shape index (κ3) is 5.70. The van der Waals surface area contributed by atoms with Crippen molar-refractivity contribution < 1.29 is 9.53 Å². The molecule has 0 saturated heterocycles. The van der Waals surface area contributed by atoms with Gasteiger partial charge in [0.25, 0.3) is 0 Å². The second-order valence-electron chi connectivity index (χ2n) is 4.70. The number of aromatic nitrogens is 1. The highest BCUT2D eigenvalue weighted by Crippen LogP contribution is 2.17. The van der Waals surface area contributed by atoms with Crippen LogP contribution in [0.1, 0.15) is 31.7 Å². The van der Waals surface area contributed by atoms with Crippen molar-refractivity contribution in [2.24, 2.45) is 0 Å². The molecule has 1 rings (SSSR count). The number of pyridine rings is 1. The molecule has 1 heterocycles. The van der Waals surface area contributed by atoms with E-state index in [2.05, 4.69) is 29.5 Å². The van der Waals surface area contributed by atoms with Gasteiger partial charge >= 0.3 is 0 Å². The van der Waals surface area contributed by atoms with E-state index in [9.17, 15) is 4.79 Å². The average Bonchev–Trinajstić information content (AvgIpc) is 2.38. The van der Waals surface area contributed by atoms with Crippen LogP contribution in [0.4, 0.5) is 0 Å². The van der Waals surface area contributed by atoms with Gasteiger partial charge in [-0.1, -0.05) is 13.8 Å². The maximum Gasteiger partial charge on any atom is 0.223 e. The van der Waals surface area contributed by atoms with E-state index < -0.39 is 0 Å². The molecular formula is C14H23N3O2. The summed E-state index contributed by atoms with van der Waals surface area (Å²) in [7, 11) is 1.62. The smallest absolute Gasteiger partial charge is 0.223 e. The Morgan fingerprint density at radius 1 is 1.42 bits per heavy atom. The summed E-state index contributed by atoms with van der Waals surface area (Å²) in [5.74, 6) is 0.713. The average molecular weight is 265 g/mol. The van der Waals surface area contributed by atoms with Crippen molar-refractivity contribution in [1.82, 2.24) is 15.6 Å². The monoisotopic (exact) mass is 265 g/mol. The molecule has 0 aliphatic rings. The summed E-state index contributed by atoms with van der Waals surface area (Å²) in [4.78, 5) is 15.6. The van der Waals surface area contributed by atoms with Gasteiger partial charge in [0.05, 0.1) is 18.7 Å². The lowest BCUT2D eigenvalue weighted by molar-refractivity contribution is -0.121. The Hall–Kier alpha value is -1.62. The van der Waals surface area contributed by atoms with E-state index in [1.54, 1.807) is 7.05 Å². The van der Waals surface area contributed by atoms with Crippen LogP contribution in [0.25, 0.3) is 0 Å². The Bertz CT molecular complexity index is 419. The summed E-state index contributed by atoms with van der Waals surface area (Å²) in [6.45, 7) is 7.14. The molecule has 0 saturated carbocycles. The van der Waals surface area contributed by atoms with Crippen molar-refractivity contribution in [3.8, 4) is 5.75 Å². The van der Waals surface area contributed by atoms with Crippen LogP contribution in [-0.4, -0.2) is 30.6 Å². The molecule has 0 radical (unpaired) electrons. The predicted octanol–water partition coefficient (Wildman–Crippen LogP) is 1.40. The Balaban J connectivity index is 2.62. The van der Waals surface area contributed by atoms with E-state index in [0.29, 0.717) is 25.6 Å². The minimum Gasteiger partial charge on any atom is -0.491 e. The summed E-state index contributed by atoms with van der Waals surface area (Å²) < 4.78 is 5.63. The van der Waals surface area contributed by atoms with Crippen molar-refractivity contribution in [1.29, 1.82) is 0 Å². The SMILES string of the molecule is CNC(=O)CCOc1ccc(C)nc1CNC(C)C. The van der Waals surface area contributed by atoms with E-state index >= 15 is 0 Å². The molecule has 0 fully saturated rings. The highest BCUT2D eigenvalue weighted by molar-refractivity contribution is 5.75. The molecule has 5 heteroatoms. The predicted molar refractivity (Wildman–Crippen MR) is 75.1 cm³/mol. The van der Waals surface area contributed by atoms with Gasteiger partial charge in [-0.05, 0) is 19.1 Å². The van der Waals surface area contributed by atoms with Crippen molar-refractivity contribution in [3.63, 3.8) is 0 Å². The first-order valence-electron chi connectivity index (χ1n) is 6.56. The minimum atomic E-state index is -0.0260. The Kier molecular flexibility index (Phi) is 6.29. The highest BCUT2D eigenvalue weighted by Gasteiger charge is 2.07. The minimum absolute atomic E-state index is 0.0260. The zero-order valence-electron chi connectivity index (χ0n) is 12.1. The second-order valence-corrected chi connectivity index (χ2v) is 4.70. The fourth-order valence-corrected chi connectivity index (χ4v) is 1.54. The zero-order chi connectivity index (χ0) is 14.3. The second kappa shape index (κ2) is 7.74. The summed E-state index contributed by atoms with van der Waals surface area (Å²) in [6, 6.07) is 4.21. The van der Waals surface area contributed by atoms with Gasteiger partial charge in [0, 0.05) is 25.3 Å². The quantitative estimate of drug-likeness (QED) is 0.782. The fourth-order valence-electron chi connectivity index (χ4n) is 1.54. The molecule has 0 spiro atoms. The Labute approximate surface area is 114 Å². The van der Waals surface area contributed by atoms with Crippen molar-refractivity contribution in [2.45, 2.75) is 39.8 Å². The number of amides is 1. The van der Waals surface area contributed by atoms with Crippen LogP contribution in [0.5, 0.6) is 5.75 Å². The molecule has 0 aromatic carbocycles. The Morgan fingerprint density at radius 3 is 2.79 bits per heavy atom. The normalized spacial score (nSPS) is 10.6. The van der Waals surface area contributed by atoms with E-state index in [4.69, 9.17) is 4.74 Å². The van der Waals surface area contributed by atoms with Gasteiger partial charge in [-0.3, -0.25) is 9.78 Å².